The first-order valence-corrected chi connectivity index (χ1v) is 11.7. The van der Waals surface area contributed by atoms with Crippen LogP contribution < -0.4 is 9.64 Å². The van der Waals surface area contributed by atoms with Crippen molar-refractivity contribution in [2.24, 2.45) is 0 Å². The first kappa shape index (κ1) is 21.9. The lowest BCUT2D eigenvalue weighted by Crippen LogP contribution is -2.39. The third kappa shape index (κ3) is 5.63. The van der Waals surface area contributed by atoms with Gasteiger partial charge in [-0.05, 0) is 47.9 Å². The molecule has 0 N–H and O–H groups in total. The number of carbonyl (C=O) groups is 1. The molecule has 0 aliphatic carbocycles. The van der Waals surface area contributed by atoms with Crippen LogP contribution in [-0.4, -0.2) is 58.0 Å². The lowest BCUT2D eigenvalue weighted by atomic mass is 10.1. The average molecular weight is 429 g/mol. The van der Waals surface area contributed by atoms with Crippen LogP contribution in [0.15, 0.2) is 54.6 Å². The number of methoxy groups -OCH3 is 1. The van der Waals surface area contributed by atoms with Crippen molar-refractivity contribution in [1.82, 2.24) is 4.90 Å². The number of sulfone groups is 1. The second-order valence-electron chi connectivity index (χ2n) is 7.69. The molecule has 0 unspecified atom stereocenters. The van der Waals surface area contributed by atoms with Gasteiger partial charge in [0.1, 0.15) is 5.75 Å². The van der Waals surface area contributed by atoms with Crippen LogP contribution in [0, 0.1) is 0 Å². The summed E-state index contributed by atoms with van der Waals surface area (Å²) in [5.41, 5.74) is 2.91. The molecule has 1 amide bonds. The van der Waals surface area contributed by atoms with Crippen molar-refractivity contribution in [3.05, 3.63) is 65.7 Å². The number of hydrogen-bond acceptors (Lipinski definition) is 5. The quantitative estimate of drug-likeness (QED) is 0.635. The molecule has 1 aliphatic heterocycles. The molecule has 1 saturated heterocycles. The van der Waals surface area contributed by atoms with Gasteiger partial charge in [0.15, 0.2) is 9.84 Å². The molecule has 2 aromatic carbocycles. The Morgan fingerprint density at radius 2 is 1.77 bits per heavy atom. The van der Waals surface area contributed by atoms with E-state index in [1.54, 1.807) is 18.1 Å². The molecule has 7 heteroatoms. The molecule has 1 heterocycles. The summed E-state index contributed by atoms with van der Waals surface area (Å²) in [5.74, 6) is 0.704. The van der Waals surface area contributed by atoms with Crippen LogP contribution in [-0.2, 0) is 21.2 Å². The van der Waals surface area contributed by atoms with Gasteiger partial charge >= 0.3 is 0 Å². The standard InChI is InChI=1S/C23H28N2O4S/c1-24(2)20-9-4-19(5-10-20)16-25(21-14-15-30(27,28)17-21)23(26)13-8-18-6-11-22(29-3)12-7-18/h4-13,21H,14-17H2,1-3H3/b13-8+/t21-/m0/s1. The Morgan fingerprint density at radius 3 is 2.30 bits per heavy atom. The number of carbonyl (C=O) groups excluding carboxylic acids is 1. The molecule has 3 rings (SSSR count). The zero-order chi connectivity index (χ0) is 21.7. The monoisotopic (exact) mass is 428 g/mol. The van der Waals surface area contributed by atoms with E-state index in [-0.39, 0.29) is 23.5 Å². The van der Waals surface area contributed by atoms with Crippen LogP contribution in [0.2, 0.25) is 0 Å². The Labute approximate surface area is 178 Å². The summed E-state index contributed by atoms with van der Waals surface area (Å²) < 4.78 is 29.2. The minimum atomic E-state index is -3.10. The number of amides is 1. The van der Waals surface area contributed by atoms with Gasteiger partial charge in [0.25, 0.3) is 0 Å². The summed E-state index contributed by atoms with van der Waals surface area (Å²) in [4.78, 5) is 16.7. The second-order valence-corrected chi connectivity index (χ2v) is 9.92. The minimum Gasteiger partial charge on any atom is -0.497 e. The van der Waals surface area contributed by atoms with Crippen LogP contribution in [0.5, 0.6) is 5.75 Å². The SMILES string of the molecule is COc1ccc(/C=C/C(=O)N(Cc2ccc(N(C)C)cc2)[C@H]2CCS(=O)(=O)C2)cc1. The molecule has 6 nitrogen and oxygen atoms in total. The number of hydrogen-bond donors (Lipinski definition) is 0. The van der Waals surface area contributed by atoms with E-state index in [4.69, 9.17) is 4.74 Å². The molecular weight excluding hydrogens is 400 g/mol. The first-order valence-electron chi connectivity index (χ1n) is 9.87. The topological polar surface area (TPSA) is 66.9 Å². The van der Waals surface area contributed by atoms with E-state index < -0.39 is 9.84 Å². The molecule has 1 atom stereocenters. The maximum absolute atomic E-state index is 13.0. The van der Waals surface area contributed by atoms with E-state index in [0.29, 0.717) is 13.0 Å². The lowest BCUT2D eigenvalue weighted by molar-refractivity contribution is -0.128. The highest BCUT2D eigenvalue weighted by atomic mass is 32.2. The summed E-state index contributed by atoms with van der Waals surface area (Å²) in [6.07, 6.45) is 3.73. The third-order valence-corrected chi connectivity index (χ3v) is 7.02. The van der Waals surface area contributed by atoms with Crippen LogP contribution in [0.25, 0.3) is 6.08 Å². The van der Waals surface area contributed by atoms with Gasteiger partial charge in [0, 0.05) is 38.4 Å². The number of anilines is 1. The van der Waals surface area contributed by atoms with Crippen molar-refractivity contribution in [3.63, 3.8) is 0 Å². The molecule has 30 heavy (non-hydrogen) atoms. The Hall–Kier alpha value is -2.80. The van der Waals surface area contributed by atoms with Crippen LogP contribution in [0.1, 0.15) is 17.5 Å². The predicted molar refractivity (Wildman–Crippen MR) is 120 cm³/mol. The van der Waals surface area contributed by atoms with Gasteiger partial charge in [-0.3, -0.25) is 4.79 Å². The maximum atomic E-state index is 13.0. The number of benzene rings is 2. The van der Waals surface area contributed by atoms with Gasteiger partial charge in [-0.2, -0.15) is 0 Å². The minimum absolute atomic E-state index is 0.0187. The Bertz CT molecular complexity index is 997. The zero-order valence-corrected chi connectivity index (χ0v) is 18.4. The van der Waals surface area contributed by atoms with E-state index in [9.17, 15) is 13.2 Å². The van der Waals surface area contributed by atoms with Gasteiger partial charge < -0.3 is 14.5 Å². The van der Waals surface area contributed by atoms with Crippen molar-refractivity contribution in [1.29, 1.82) is 0 Å². The fraction of sp³-hybridized carbons (Fsp3) is 0.348. The van der Waals surface area contributed by atoms with Crippen LogP contribution in [0.3, 0.4) is 0 Å². The second kappa shape index (κ2) is 9.34. The van der Waals surface area contributed by atoms with Crippen molar-refractivity contribution in [3.8, 4) is 5.75 Å². The van der Waals surface area contributed by atoms with Crippen molar-refractivity contribution in [2.45, 2.75) is 19.0 Å². The van der Waals surface area contributed by atoms with Gasteiger partial charge in [-0.15, -0.1) is 0 Å². The Kier molecular flexibility index (Phi) is 6.82. The highest BCUT2D eigenvalue weighted by molar-refractivity contribution is 7.91. The highest BCUT2D eigenvalue weighted by Gasteiger charge is 2.34. The predicted octanol–water partition coefficient (Wildman–Crippen LogP) is 2.99. The normalized spacial score (nSPS) is 17.8. The van der Waals surface area contributed by atoms with E-state index >= 15 is 0 Å². The van der Waals surface area contributed by atoms with Gasteiger partial charge in [0.05, 0.1) is 18.6 Å². The summed E-state index contributed by atoms with van der Waals surface area (Å²) in [6, 6.07) is 15.0. The molecule has 1 fully saturated rings. The third-order valence-electron chi connectivity index (χ3n) is 5.27. The van der Waals surface area contributed by atoms with E-state index in [2.05, 4.69) is 0 Å². The highest BCUT2D eigenvalue weighted by Crippen LogP contribution is 2.22. The molecule has 0 radical (unpaired) electrons. The fourth-order valence-electron chi connectivity index (χ4n) is 3.48. The molecule has 0 aromatic heterocycles. The van der Waals surface area contributed by atoms with Gasteiger partial charge in [-0.1, -0.05) is 24.3 Å². The number of ether oxygens (including phenoxy) is 1. The smallest absolute Gasteiger partial charge is 0.247 e. The van der Waals surface area contributed by atoms with E-state index in [1.807, 2.05) is 67.5 Å². The van der Waals surface area contributed by atoms with Gasteiger partial charge in [0.2, 0.25) is 5.91 Å². The van der Waals surface area contributed by atoms with Crippen molar-refractivity contribution >= 4 is 27.5 Å². The summed E-state index contributed by atoms with van der Waals surface area (Å²) in [6.45, 7) is 0.375. The zero-order valence-electron chi connectivity index (χ0n) is 17.6. The van der Waals surface area contributed by atoms with Crippen LogP contribution >= 0.6 is 0 Å². The Balaban J connectivity index is 1.79. The fourth-order valence-corrected chi connectivity index (χ4v) is 5.21. The van der Waals surface area contributed by atoms with Gasteiger partial charge in [-0.25, -0.2) is 8.42 Å². The van der Waals surface area contributed by atoms with Crippen molar-refractivity contribution in [2.75, 3.05) is 37.6 Å². The van der Waals surface area contributed by atoms with Crippen molar-refractivity contribution < 1.29 is 17.9 Å². The summed E-state index contributed by atoms with van der Waals surface area (Å²) >= 11 is 0. The Morgan fingerprint density at radius 1 is 1.10 bits per heavy atom. The number of rotatable bonds is 7. The molecule has 160 valence electrons. The first-order chi connectivity index (χ1) is 14.3. The molecule has 1 aliphatic rings. The lowest BCUT2D eigenvalue weighted by Gasteiger charge is -2.27. The van der Waals surface area contributed by atoms with Crippen LogP contribution in [0.4, 0.5) is 5.69 Å². The molecule has 0 bridgehead atoms. The number of nitrogens with zero attached hydrogens (tertiary/aromatic N) is 2. The molecular formula is C23H28N2O4S. The molecule has 0 saturated carbocycles. The molecule has 0 spiro atoms. The summed E-state index contributed by atoms with van der Waals surface area (Å²) in [7, 11) is 2.45. The maximum Gasteiger partial charge on any atom is 0.247 e. The van der Waals surface area contributed by atoms with E-state index in [1.165, 1.54) is 6.08 Å². The largest absolute Gasteiger partial charge is 0.497 e. The van der Waals surface area contributed by atoms with E-state index in [0.717, 1.165) is 22.6 Å². The summed E-state index contributed by atoms with van der Waals surface area (Å²) in [5, 5.41) is 0. The molecule has 2 aromatic rings. The average Bonchev–Trinajstić information content (AvgIpc) is 3.10.